The zero-order valence-corrected chi connectivity index (χ0v) is 12.8. The van der Waals surface area contributed by atoms with Gasteiger partial charge in [0.2, 0.25) is 5.91 Å². The highest BCUT2D eigenvalue weighted by Gasteiger charge is 2.38. The molecule has 1 aliphatic heterocycles. The summed E-state index contributed by atoms with van der Waals surface area (Å²) in [6, 6.07) is 6.44. The van der Waals surface area contributed by atoms with Gasteiger partial charge in [0.15, 0.2) is 0 Å². The van der Waals surface area contributed by atoms with Crippen LogP contribution >= 0.6 is 23.4 Å². The fourth-order valence-corrected chi connectivity index (χ4v) is 3.45. The lowest BCUT2D eigenvalue weighted by atomic mass is 10.2. The number of benzene rings is 1. The van der Waals surface area contributed by atoms with E-state index in [9.17, 15) is 14.7 Å². The number of carboxylic acid groups (broad SMARTS) is 1. The highest BCUT2D eigenvalue weighted by Crippen LogP contribution is 2.27. The first-order valence-corrected chi connectivity index (χ1v) is 7.93. The van der Waals surface area contributed by atoms with Gasteiger partial charge in [-0.3, -0.25) is 4.79 Å². The van der Waals surface area contributed by atoms with Crippen LogP contribution < -0.4 is 0 Å². The zero-order valence-electron chi connectivity index (χ0n) is 11.2. The summed E-state index contributed by atoms with van der Waals surface area (Å²) < 4.78 is 0. The summed E-state index contributed by atoms with van der Waals surface area (Å²) in [5.41, 5.74) is 0. The number of likely N-dealkylation sites (tertiary alicyclic amines) is 1. The molecular formula is C14H16ClNO4S. The number of aliphatic hydroxyl groups excluding tert-OH is 1. The first-order valence-electron chi connectivity index (χ1n) is 6.56. The van der Waals surface area contributed by atoms with Crippen LogP contribution in [0.5, 0.6) is 0 Å². The second kappa shape index (κ2) is 7.15. The standard InChI is InChI=1S/C14H16ClNO4S/c15-10-3-1-2-4-12(10)21-6-5-13(18)16-8-9(17)7-11(16)14(19)20/h1-4,9,11,17H,5-8H2,(H,19,20)/t9?,11-/m0/s1. The second-order valence-corrected chi connectivity index (χ2v) is 6.36. The number of nitrogens with zero attached hydrogens (tertiary/aromatic N) is 1. The van der Waals surface area contributed by atoms with Crippen LogP contribution in [0.4, 0.5) is 0 Å². The Morgan fingerprint density at radius 3 is 2.76 bits per heavy atom. The molecule has 1 aliphatic rings. The number of carbonyl (C=O) groups excluding carboxylic acids is 1. The first kappa shape index (κ1) is 16.1. The van der Waals surface area contributed by atoms with Gasteiger partial charge < -0.3 is 15.1 Å². The molecule has 1 aromatic carbocycles. The molecule has 2 rings (SSSR count). The molecule has 0 spiro atoms. The lowest BCUT2D eigenvalue weighted by Gasteiger charge is -2.21. The SMILES string of the molecule is O=C(O)[C@@H]1CC(O)CN1C(=O)CCSc1ccccc1Cl. The number of hydrogen-bond donors (Lipinski definition) is 2. The zero-order chi connectivity index (χ0) is 15.4. The number of carboxylic acids is 1. The number of rotatable bonds is 5. The molecule has 1 aromatic rings. The first-order chi connectivity index (χ1) is 9.99. The maximum absolute atomic E-state index is 12.1. The molecule has 0 aromatic heterocycles. The normalized spacial score (nSPS) is 21.5. The molecule has 7 heteroatoms. The number of thioether (sulfide) groups is 1. The van der Waals surface area contributed by atoms with E-state index in [1.165, 1.54) is 16.7 Å². The molecule has 1 heterocycles. The maximum atomic E-state index is 12.1. The molecule has 1 fully saturated rings. The predicted octanol–water partition coefficient (Wildman–Crippen LogP) is 1.87. The Kier molecular flexibility index (Phi) is 5.50. The summed E-state index contributed by atoms with van der Waals surface area (Å²) in [4.78, 5) is 25.3. The van der Waals surface area contributed by atoms with Crippen LogP contribution in [0.2, 0.25) is 5.02 Å². The van der Waals surface area contributed by atoms with E-state index in [0.717, 1.165) is 4.90 Å². The van der Waals surface area contributed by atoms with Crippen molar-refractivity contribution in [2.24, 2.45) is 0 Å². The van der Waals surface area contributed by atoms with E-state index in [2.05, 4.69) is 0 Å². The summed E-state index contributed by atoms with van der Waals surface area (Å²) >= 11 is 7.48. The highest BCUT2D eigenvalue weighted by molar-refractivity contribution is 7.99. The Labute approximate surface area is 131 Å². The van der Waals surface area contributed by atoms with Crippen LogP contribution in [0, 0.1) is 0 Å². The lowest BCUT2D eigenvalue weighted by Crippen LogP contribution is -2.40. The summed E-state index contributed by atoms with van der Waals surface area (Å²) in [7, 11) is 0. The smallest absolute Gasteiger partial charge is 0.326 e. The molecule has 1 amide bonds. The van der Waals surface area contributed by atoms with E-state index in [4.69, 9.17) is 16.7 Å². The number of hydrogen-bond acceptors (Lipinski definition) is 4. The van der Waals surface area contributed by atoms with Crippen molar-refractivity contribution in [3.63, 3.8) is 0 Å². The molecule has 2 N–H and O–H groups in total. The van der Waals surface area contributed by atoms with Gasteiger partial charge in [-0.05, 0) is 12.1 Å². The summed E-state index contributed by atoms with van der Waals surface area (Å²) in [6.07, 6.45) is -0.447. The molecule has 1 saturated heterocycles. The number of carbonyl (C=O) groups is 2. The van der Waals surface area contributed by atoms with E-state index in [0.29, 0.717) is 10.8 Å². The Bertz CT molecular complexity index is 539. The van der Waals surface area contributed by atoms with Crippen LogP contribution in [-0.2, 0) is 9.59 Å². The summed E-state index contributed by atoms with van der Waals surface area (Å²) in [5, 5.41) is 19.2. The largest absolute Gasteiger partial charge is 0.480 e. The third-order valence-electron chi connectivity index (χ3n) is 3.29. The number of β-amino-alcohol motifs (C(OH)–C–C–N with tert-alkyl or cyclic N) is 1. The molecule has 5 nitrogen and oxygen atoms in total. The Hall–Kier alpha value is -1.24. The van der Waals surface area contributed by atoms with Gasteiger partial charge in [0.1, 0.15) is 6.04 Å². The molecule has 0 saturated carbocycles. The molecule has 21 heavy (non-hydrogen) atoms. The number of aliphatic hydroxyl groups is 1. The molecule has 0 aliphatic carbocycles. The van der Waals surface area contributed by atoms with Crippen molar-refractivity contribution in [2.45, 2.75) is 29.9 Å². The number of halogens is 1. The van der Waals surface area contributed by atoms with E-state index in [-0.39, 0.29) is 25.3 Å². The third kappa shape index (κ3) is 4.12. The fourth-order valence-electron chi connectivity index (χ4n) is 2.28. The quantitative estimate of drug-likeness (QED) is 0.806. The average molecular weight is 330 g/mol. The van der Waals surface area contributed by atoms with Gasteiger partial charge in [-0.15, -0.1) is 11.8 Å². The lowest BCUT2D eigenvalue weighted by molar-refractivity contribution is -0.148. The van der Waals surface area contributed by atoms with Gasteiger partial charge >= 0.3 is 5.97 Å². The third-order valence-corrected chi connectivity index (χ3v) is 4.81. The van der Waals surface area contributed by atoms with Crippen LogP contribution in [0.25, 0.3) is 0 Å². The van der Waals surface area contributed by atoms with Crippen LogP contribution in [0.3, 0.4) is 0 Å². The van der Waals surface area contributed by atoms with Gasteiger partial charge in [0, 0.05) is 30.0 Å². The highest BCUT2D eigenvalue weighted by atomic mass is 35.5. The van der Waals surface area contributed by atoms with Crippen molar-refractivity contribution in [1.29, 1.82) is 0 Å². The van der Waals surface area contributed by atoms with Crippen molar-refractivity contribution in [3.05, 3.63) is 29.3 Å². The van der Waals surface area contributed by atoms with Crippen molar-refractivity contribution in [3.8, 4) is 0 Å². The van der Waals surface area contributed by atoms with E-state index in [1.807, 2.05) is 18.2 Å². The van der Waals surface area contributed by atoms with Crippen molar-refractivity contribution in [1.82, 2.24) is 4.90 Å². The molecule has 0 bridgehead atoms. The number of amides is 1. The van der Waals surface area contributed by atoms with Crippen LogP contribution in [0.15, 0.2) is 29.2 Å². The van der Waals surface area contributed by atoms with E-state index in [1.54, 1.807) is 6.07 Å². The van der Waals surface area contributed by atoms with Crippen LogP contribution in [-0.4, -0.2) is 51.4 Å². The summed E-state index contributed by atoms with van der Waals surface area (Å²) in [6.45, 7) is 0.0898. The van der Waals surface area contributed by atoms with E-state index >= 15 is 0 Å². The fraction of sp³-hybridized carbons (Fsp3) is 0.429. The van der Waals surface area contributed by atoms with Crippen LogP contribution in [0.1, 0.15) is 12.8 Å². The predicted molar refractivity (Wildman–Crippen MR) is 80.6 cm³/mol. The minimum atomic E-state index is -1.07. The molecule has 1 unspecified atom stereocenters. The Morgan fingerprint density at radius 2 is 2.10 bits per heavy atom. The van der Waals surface area contributed by atoms with Gasteiger partial charge in [-0.1, -0.05) is 23.7 Å². The van der Waals surface area contributed by atoms with Gasteiger partial charge in [-0.25, -0.2) is 4.79 Å². The van der Waals surface area contributed by atoms with E-state index < -0.39 is 18.1 Å². The molecular weight excluding hydrogens is 314 g/mol. The molecule has 2 atom stereocenters. The second-order valence-electron chi connectivity index (χ2n) is 4.82. The van der Waals surface area contributed by atoms with Gasteiger partial charge in [0.25, 0.3) is 0 Å². The van der Waals surface area contributed by atoms with Gasteiger partial charge in [0.05, 0.1) is 11.1 Å². The summed E-state index contributed by atoms with van der Waals surface area (Å²) in [5.74, 6) is -0.807. The monoisotopic (exact) mass is 329 g/mol. The average Bonchev–Trinajstić information content (AvgIpc) is 2.83. The van der Waals surface area contributed by atoms with Crippen molar-refractivity contribution in [2.75, 3.05) is 12.3 Å². The topological polar surface area (TPSA) is 77.8 Å². The van der Waals surface area contributed by atoms with Gasteiger partial charge in [-0.2, -0.15) is 0 Å². The van der Waals surface area contributed by atoms with Crippen molar-refractivity contribution < 1.29 is 19.8 Å². The number of aliphatic carboxylic acids is 1. The molecule has 114 valence electrons. The minimum Gasteiger partial charge on any atom is -0.480 e. The Balaban J connectivity index is 1.87. The maximum Gasteiger partial charge on any atom is 0.326 e. The van der Waals surface area contributed by atoms with Crippen molar-refractivity contribution >= 4 is 35.2 Å². The minimum absolute atomic E-state index is 0.0898. The Morgan fingerprint density at radius 1 is 1.38 bits per heavy atom. The molecule has 0 radical (unpaired) electrons.